The lowest BCUT2D eigenvalue weighted by Crippen LogP contribution is -2.52. The van der Waals surface area contributed by atoms with Crippen molar-refractivity contribution in [2.45, 2.75) is 51.9 Å². The van der Waals surface area contributed by atoms with Gasteiger partial charge in [0.2, 0.25) is 5.91 Å². The molecule has 0 radical (unpaired) electrons. The summed E-state index contributed by atoms with van der Waals surface area (Å²) < 4.78 is 43.6. The van der Waals surface area contributed by atoms with Crippen molar-refractivity contribution in [3.05, 3.63) is 59.7 Å². The standard InChI is InChI=1S/C30H43F2N3O5/c1-22(2)35(23(3)4)14-15-39-25-8-6-24(7-9-25)17-33-12-13-34(29(36)18-38-5)20-30(37,19-33)21-40-26-10-11-27(31)28(32)16-26/h6-11,16,22-23,37H,12-15,17-21H2,1-5H3/t30-/m0/s1. The van der Waals surface area contributed by atoms with Crippen molar-refractivity contribution in [3.63, 3.8) is 0 Å². The molecule has 1 heterocycles. The number of carbonyl (C=O) groups is 1. The van der Waals surface area contributed by atoms with Crippen LogP contribution in [0.25, 0.3) is 0 Å². The Labute approximate surface area is 236 Å². The highest BCUT2D eigenvalue weighted by molar-refractivity contribution is 5.77. The van der Waals surface area contributed by atoms with Crippen LogP contribution in [-0.2, 0) is 16.1 Å². The van der Waals surface area contributed by atoms with Crippen LogP contribution in [0.2, 0.25) is 0 Å². The molecule has 0 unspecified atom stereocenters. The predicted octanol–water partition coefficient (Wildman–Crippen LogP) is 3.56. The number of carbonyl (C=O) groups excluding carboxylic acids is 1. The van der Waals surface area contributed by atoms with Gasteiger partial charge in [0, 0.05) is 58.0 Å². The fraction of sp³-hybridized carbons (Fsp3) is 0.567. The number of hydrogen-bond donors (Lipinski definition) is 1. The number of aliphatic hydroxyl groups is 1. The van der Waals surface area contributed by atoms with Gasteiger partial charge in [0.15, 0.2) is 11.6 Å². The molecule has 1 aliphatic heterocycles. The van der Waals surface area contributed by atoms with E-state index in [1.165, 1.54) is 13.2 Å². The van der Waals surface area contributed by atoms with Gasteiger partial charge in [-0.1, -0.05) is 12.1 Å². The molecule has 2 aromatic rings. The molecular formula is C30H43F2N3O5. The molecule has 1 aliphatic rings. The Hall–Kier alpha value is -2.79. The number of β-amino-alcohol motifs (C(OH)–C–C–N with tert-alkyl or cyclic N) is 1. The average molecular weight is 564 g/mol. The number of amides is 1. The van der Waals surface area contributed by atoms with Gasteiger partial charge in [-0.15, -0.1) is 0 Å². The van der Waals surface area contributed by atoms with Crippen LogP contribution in [0.3, 0.4) is 0 Å². The van der Waals surface area contributed by atoms with E-state index >= 15 is 0 Å². The number of hydrogen-bond acceptors (Lipinski definition) is 7. The predicted molar refractivity (Wildman–Crippen MR) is 149 cm³/mol. The number of rotatable bonds is 13. The minimum atomic E-state index is -1.45. The Morgan fingerprint density at radius 1 is 0.975 bits per heavy atom. The summed E-state index contributed by atoms with van der Waals surface area (Å²) in [5.41, 5.74) is -0.425. The fourth-order valence-corrected chi connectivity index (χ4v) is 5.01. The van der Waals surface area contributed by atoms with Crippen molar-refractivity contribution < 1.29 is 32.9 Å². The fourth-order valence-electron chi connectivity index (χ4n) is 5.01. The molecular weight excluding hydrogens is 520 g/mol. The smallest absolute Gasteiger partial charge is 0.248 e. The van der Waals surface area contributed by atoms with Gasteiger partial charge in [0.25, 0.3) is 0 Å². The summed E-state index contributed by atoms with van der Waals surface area (Å²) >= 11 is 0. The minimum absolute atomic E-state index is 0.0198. The molecule has 8 nitrogen and oxygen atoms in total. The van der Waals surface area contributed by atoms with Crippen molar-refractivity contribution >= 4 is 5.91 Å². The molecule has 1 atom stereocenters. The zero-order chi connectivity index (χ0) is 29.3. The van der Waals surface area contributed by atoms with Crippen molar-refractivity contribution in [2.75, 3.05) is 59.7 Å². The lowest BCUT2D eigenvalue weighted by Gasteiger charge is -2.33. The number of nitrogens with zero attached hydrogens (tertiary/aromatic N) is 3. The van der Waals surface area contributed by atoms with E-state index in [2.05, 4.69) is 32.6 Å². The second-order valence-corrected chi connectivity index (χ2v) is 11.0. The normalized spacial score (nSPS) is 18.4. The van der Waals surface area contributed by atoms with Crippen molar-refractivity contribution in [1.29, 1.82) is 0 Å². The number of ether oxygens (including phenoxy) is 3. The largest absolute Gasteiger partial charge is 0.492 e. The molecule has 2 aromatic carbocycles. The molecule has 3 rings (SSSR count). The van der Waals surface area contributed by atoms with Gasteiger partial charge in [-0.2, -0.15) is 0 Å². The summed E-state index contributed by atoms with van der Waals surface area (Å²) in [6, 6.07) is 12.0. The first-order chi connectivity index (χ1) is 19.0. The second-order valence-electron chi connectivity index (χ2n) is 11.0. The van der Waals surface area contributed by atoms with Crippen LogP contribution < -0.4 is 9.47 Å². The molecule has 0 aromatic heterocycles. The quantitative estimate of drug-likeness (QED) is 0.400. The molecule has 222 valence electrons. The Bertz CT molecular complexity index is 1080. The SMILES string of the molecule is COCC(=O)N1CCN(Cc2ccc(OCCN(C(C)C)C(C)C)cc2)C[C@@](O)(COc2ccc(F)c(F)c2)C1. The third-order valence-corrected chi connectivity index (χ3v) is 6.98. The first-order valence-electron chi connectivity index (χ1n) is 13.8. The minimum Gasteiger partial charge on any atom is -0.492 e. The summed E-state index contributed by atoms with van der Waals surface area (Å²) in [7, 11) is 1.44. The van der Waals surface area contributed by atoms with Gasteiger partial charge in [0.1, 0.15) is 36.9 Å². The van der Waals surface area contributed by atoms with E-state index in [-0.39, 0.29) is 38.0 Å². The Morgan fingerprint density at radius 3 is 2.27 bits per heavy atom. The van der Waals surface area contributed by atoms with Gasteiger partial charge >= 0.3 is 0 Å². The van der Waals surface area contributed by atoms with Crippen LogP contribution in [0.5, 0.6) is 11.5 Å². The van der Waals surface area contributed by atoms with Gasteiger partial charge in [0.05, 0.1) is 6.54 Å². The van der Waals surface area contributed by atoms with Crippen LogP contribution in [-0.4, -0.2) is 103 Å². The molecule has 0 spiro atoms. The zero-order valence-corrected chi connectivity index (χ0v) is 24.2. The first kappa shape index (κ1) is 31.7. The Kier molecular flexibility index (Phi) is 11.7. The summed E-state index contributed by atoms with van der Waals surface area (Å²) in [5, 5.41) is 11.5. The van der Waals surface area contributed by atoms with Crippen molar-refractivity contribution in [1.82, 2.24) is 14.7 Å². The lowest BCUT2D eigenvalue weighted by atomic mass is 10.0. The lowest BCUT2D eigenvalue weighted by molar-refractivity contribution is -0.138. The topological polar surface area (TPSA) is 74.7 Å². The molecule has 1 fully saturated rings. The molecule has 1 saturated heterocycles. The highest BCUT2D eigenvalue weighted by Crippen LogP contribution is 2.22. The number of halogens is 2. The summed E-state index contributed by atoms with van der Waals surface area (Å²) in [6.07, 6.45) is 0. The molecule has 10 heteroatoms. The van der Waals surface area contributed by atoms with E-state index < -0.39 is 17.2 Å². The second kappa shape index (κ2) is 14.7. The van der Waals surface area contributed by atoms with Crippen molar-refractivity contribution in [2.24, 2.45) is 0 Å². The maximum atomic E-state index is 13.7. The van der Waals surface area contributed by atoms with E-state index in [9.17, 15) is 18.7 Å². The maximum absolute atomic E-state index is 13.7. The van der Waals surface area contributed by atoms with Gasteiger partial charge in [-0.25, -0.2) is 8.78 Å². The third kappa shape index (κ3) is 9.40. The van der Waals surface area contributed by atoms with Gasteiger partial charge in [-0.05, 0) is 57.5 Å². The van der Waals surface area contributed by atoms with Crippen LogP contribution in [0.4, 0.5) is 8.78 Å². The van der Waals surface area contributed by atoms with Crippen LogP contribution >= 0.6 is 0 Å². The molecule has 40 heavy (non-hydrogen) atoms. The summed E-state index contributed by atoms with van der Waals surface area (Å²) in [5.74, 6) is -1.37. The molecule has 0 bridgehead atoms. The summed E-state index contributed by atoms with van der Waals surface area (Å²) in [6.45, 7) is 11.6. The Morgan fingerprint density at radius 2 is 1.65 bits per heavy atom. The highest BCUT2D eigenvalue weighted by atomic mass is 19.2. The monoisotopic (exact) mass is 563 g/mol. The van der Waals surface area contributed by atoms with E-state index in [0.29, 0.717) is 38.3 Å². The number of methoxy groups -OCH3 is 1. The van der Waals surface area contributed by atoms with Gasteiger partial charge in [-0.3, -0.25) is 14.6 Å². The van der Waals surface area contributed by atoms with Crippen molar-refractivity contribution in [3.8, 4) is 11.5 Å². The number of benzene rings is 2. The highest BCUT2D eigenvalue weighted by Gasteiger charge is 2.37. The van der Waals surface area contributed by atoms with E-state index in [1.807, 2.05) is 29.2 Å². The van der Waals surface area contributed by atoms with Crippen LogP contribution in [0.15, 0.2) is 42.5 Å². The van der Waals surface area contributed by atoms with Gasteiger partial charge < -0.3 is 24.2 Å². The van der Waals surface area contributed by atoms with E-state index in [0.717, 1.165) is 30.0 Å². The molecule has 1 N–H and O–H groups in total. The summed E-state index contributed by atoms with van der Waals surface area (Å²) in [4.78, 5) is 18.6. The Balaban J connectivity index is 1.64. The molecule has 0 aliphatic carbocycles. The van der Waals surface area contributed by atoms with Crippen LogP contribution in [0.1, 0.15) is 33.3 Å². The average Bonchev–Trinajstić information content (AvgIpc) is 3.07. The van der Waals surface area contributed by atoms with Crippen LogP contribution in [0, 0.1) is 11.6 Å². The maximum Gasteiger partial charge on any atom is 0.248 e. The van der Waals surface area contributed by atoms with E-state index in [4.69, 9.17) is 14.2 Å². The first-order valence-corrected chi connectivity index (χ1v) is 13.8. The molecule has 1 amide bonds. The zero-order valence-electron chi connectivity index (χ0n) is 24.2. The van der Waals surface area contributed by atoms with E-state index in [1.54, 1.807) is 4.90 Å². The third-order valence-electron chi connectivity index (χ3n) is 6.98. The molecule has 0 saturated carbocycles.